The number of nitrogens with zero attached hydrogens (tertiary/aromatic N) is 6. The Balaban J connectivity index is 1.04. The lowest BCUT2D eigenvalue weighted by Gasteiger charge is -2.39. The summed E-state index contributed by atoms with van der Waals surface area (Å²) in [5, 5.41) is 2.69. The quantitative estimate of drug-likeness (QED) is 0.0365. The minimum atomic E-state index is -3.96. The molecule has 3 saturated heterocycles. The highest BCUT2D eigenvalue weighted by Crippen LogP contribution is 2.55. The van der Waals surface area contributed by atoms with Gasteiger partial charge < -0.3 is 51.9 Å². The number of H-pyrrole nitrogens is 1. The number of fused-ring (bicyclic) bond motifs is 1. The van der Waals surface area contributed by atoms with Crippen LogP contribution < -0.4 is 26.0 Å². The minimum absolute atomic E-state index is 0.00569. The topological polar surface area (TPSA) is 231 Å². The van der Waals surface area contributed by atoms with Crippen molar-refractivity contribution in [2.24, 2.45) is 0 Å². The first-order valence-electron chi connectivity index (χ1n) is 28.4. The number of methoxy groups -OCH3 is 2. The van der Waals surface area contributed by atoms with Crippen molar-refractivity contribution in [2.45, 2.75) is 127 Å². The highest BCUT2D eigenvalue weighted by molar-refractivity contribution is 8.07. The number of ether oxygens (including phenoxy) is 5. The molecular weight excluding hydrogens is 1140 g/mol. The molecule has 21 nitrogen and oxygen atoms in total. The van der Waals surface area contributed by atoms with Crippen LogP contribution in [0.5, 0.6) is 11.5 Å². The van der Waals surface area contributed by atoms with Gasteiger partial charge >= 0.3 is 12.4 Å². The van der Waals surface area contributed by atoms with Gasteiger partial charge in [0.05, 0.1) is 58.6 Å². The second-order valence-electron chi connectivity index (χ2n) is 23.0. The fraction of sp³-hybridized carbons (Fsp3) is 0.426. The van der Waals surface area contributed by atoms with Gasteiger partial charge in [-0.25, -0.2) is 19.7 Å². The first-order chi connectivity index (χ1) is 40.7. The summed E-state index contributed by atoms with van der Waals surface area (Å²) in [4.78, 5) is 70.3. The zero-order chi connectivity index (χ0) is 60.3. The van der Waals surface area contributed by atoms with Gasteiger partial charge in [0.2, 0.25) is 5.91 Å². The summed E-state index contributed by atoms with van der Waals surface area (Å²) in [7, 11) is 0.722. The van der Waals surface area contributed by atoms with E-state index in [4.69, 9.17) is 58.5 Å². The van der Waals surface area contributed by atoms with Crippen molar-refractivity contribution in [3.8, 4) is 11.5 Å². The van der Waals surface area contributed by atoms with E-state index >= 15 is 0 Å². The number of aryl methyl sites for hydroxylation is 1. The standard InChI is InChI=1S/C61H73N8O13PSSi/c1-39-33-68(59(73)66-57(39)71)52-32-49(82-85(8,9)60(3,4)5)51(80-52)36-78-83(84,77-34-45-21-16-30-67(45)40(2)70)81-48-31-53(69-38-64-54-55(62-37-63-56(54)69)65-58(72)41-17-12-10-13-18-41)79-50(48)35-76-61(42-19-14-11-15-20-42,43-22-26-46(74-6)27-23-43)44-24-28-47(75-7)29-25-44/h10-15,17-20,22-29,33,37-38,45,48-53H,16,21,30-32,34-36H2,1-9H3,(H,66,71,73)(H,62,63,65,72)/t45-,48+,49+,50-,51-,52-,53-,83-/m1/s1. The van der Waals surface area contributed by atoms with E-state index in [9.17, 15) is 19.2 Å². The van der Waals surface area contributed by atoms with E-state index in [1.165, 1.54) is 24.0 Å². The minimum Gasteiger partial charge on any atom is -0.497 e. The Hall–Kier alpha value is -6.76. The Labute approximate surface area is 499 Å². The zero-order valence-electron chi connectivity index (χ0n) is 49.2. The SMILES string of the molecule is COc1ccc(C(OC[C@H]2O[C@@H](n3cnc4c(NC(=O)c5ccccc5)ncnc43)C[C@@H]2O[P@@](=S)(OC[C@H]2CCCN2C(C)=O)OC[C@H]2O[C@@H](n3cc(C)c(=O)[nH]c3=O)C[C@@H]2O[Si](C)(C)C(C)(C)C)(c2ccccc2)c2ccc(OC)cc2)cc1. The maximum absolute atomic E-state index is 13.5. The Kier molecular flexibility index (Phi) is 18.5. The van der Waals surface area contributed by atoms with Gasteiger partial charge in [-0.1, -0.05) is 93.6 Å². The van der Waals surface area contributed by atoms with E-state index in [1.54, 1.807) is 61.2 Å². The second kappa shape index (κ2) is 25.7. The van der Waals surface area contributed by atoms with Crippen molar-refractivity contribution in [3.05, 3.63) is 177 Å². The number of carbonyl (C=O) groups is 2. The number of aromatic nitrogens is 6. The fourth-order valence-electron chi connectivity index (χ4n) is 10.9. The van der Waals surface area contributed by atoms with Crippen LogP contribution in [0.1, 0.15) is 98.4 Å². The van der Waals surface area contributed by atoms with E-state index < -0.39 is 68.8 Å². The third-order valence-electron chi connectivity index (χ3n) is 16.5. The van der Waals surface area contributed by atoms with Crippen molar-refractivity contribution < 1.29 is 51.3 Å². The highest BCUT2D eigenvalue weighted by atomic mass is 32.5. The number of amides is 2. The Morgan fingerprint density at radius 3 is 1.99 bits per heavy atom. The van der Waals surface area contributed by atoms with Gasteiger partial charge in [0.25, 0.3) is 11.5 Å². The van der Waals surface area contributed by atoms with Gasteiger partial charge in [0.1, 0.15) is 48.1 Å². The molecule has 3 aromatic heterocycles. The summed E-state index contributed by atoms with van der Waals surface area (Å²) in [5.74, 6) is 1.04. The summed E-state index contributed by atoms with van der Waals surface area (Å²) >= 11 is 6.55. The van der Waals surface area contributed by atoms with Gasteiger partial charge in [-0.2, -0.15) is 0 Å². The average Bonchev–Trinajstić information content (AvgIpc) is 1.78. The molecule has 24 heteroatoms. The molecule has 450 valence electrons. The van der Waals surface area contributed by atoms with Crippen LogP contribution in [-0.4, -0.2) is 125 Å². The Bertz CT molecular complexity index is 3600. The third-order valence-corrected chi connectivity index (χ3v) is 23.4. The molecule has 3 aliphatic rings. The van der Waals surface area contributed by atoms with Crippen LogP contribution >= 0.6 is 6.72 Å². The predicted octanol–water partition coefficient (Wildman–Crippen LogP) is 9.58. The van der Waals surface area contributed by atoms with Crippen LogP contribution in [0.15, 0.2) is 138 Å². The summed E-state index contributed by atoms with van der Waals surface area (Å²) in [6, 6.07) is 33.8. The molecule has 3 aliphatic heterocycles. The summed E-state index contributed by atoms with van der Waals surface area (Å²) in [5.41, 5.74) is 1.45. The summed E-state index contributed by atoms with van der Waals surface area (Å²) in [6.45, 7) is 10.2. The average molecular weight is 1220 g/mol. The first kappa shape index (κ1) is 61.3. The molecule has 0 radical (unpaired) electrons. The number of anilines is 1. The second-order valence-corrected chi connectivity index (χ2v) is 30.7. The number of benzene rings is 4. The lowest BCUT2D eigenvalue weighted by molar-refractivity contribution is -0.130. The molecule has 4 aromatic carbocycles. The number of hydrogen-bond donors (Lipinski definition) is 2. The Morgan fingerprint density at radius 2 is 1.36 bits per heavy atom. The lowest BCUT2D eigenvalue weighted by atomic mass is 9.80. The maximum atomic E-state index is 13.5. The molecule has 0 saturated carbocycles. The van der Waals surface area contributed by atoms with Crippen molar-refractivity contribution in [1.82, 2.24) is 34.0 Å². The smallest absolute Gasteiger partial charge is 0.330 e. The molecule has 85 heavy (non-hydrogen) atoms. The summed E-state index contributed by atoms with van der Waals surface area (Å²) < 4.78 is 63.7. The van der Waals surface area contributed by atoms with Crippen molar-refractivity contribution >= 4 is 55.6 Å². The van der Waals surface area contributed by atoms with Crippen LogP contribution in [0.2, 0.25) is 18.1 Å². The van der Waals surface area contributed by atoms with Gasteiger partial charge in [-0.3, -0.25) is 28.5 Å². The highest BCUT2D eigenvalue weighted by Gasteiger charge is 2.49. The largest absolute Gasteiger partial charge is 0.497 e. The number of rotatable bonds is 22. The van der Waals surface area contributed by atoms with E-state index in [-0.39, 0.29) is 61.4 Å². The Morgan fingerprint density at radius 1 is 0.776 bits per heavy atom. The molecule has 0 aliphatic carbocycles. The molecule has 3 fully saturated rings. The molecule has 0 spiro atoms. The molecule has 8 atom stereocenters. The number of aromatic amines is 1. The van der Waals surface area contributed by atoms with E-state index in [1.807, 2.05) is 84.9 Å². The third kappa shape index (κ3) is 13.3. The van der Waals surface area contributed by atoms with Crippen LogP contribution in [0, 0.1) is 6.92 Å². The molecule has 2 N–H and O–H groups in total. The number of hydrogen-bond acceptors (Lipinski definition) is 17. The fourth-order valence-corrected chi connectivity index (χ4v) is 14.4. The molecule has 6 heterocycles. The van der Waals surface area contributed by atoms with Gasteiger partial charge in [0, 0.05) is 43.6 Å². The van der Waals surface area contributed by atoms with Crippen LogP contribution in [0.25, 0.3) is 11.2 Å². The monoisotopic (exact) mass is 1220 g/mol. The van der Waals surface area contributed by atoms with Crippen molar-refractivity contribution in [1.29, 1.82) is 0 Å². The van der Waals surface area contributed by atoms with E-state index in [0.717, 1.165) is 23.1 Å². The van der Waals surface area contributed by atoms with E-state index in [2.05, 4.69) is 54.1 Å². The van der Waals surface area contributed by atoms with Crippen molar-refractivity contribution in [2.75, 3.05) is 45.9 Å². The van der Waals surface area contributed by atoms with E-state index in [0.29, 0.717) is 46.8 Å². The zero-order valence-corrected chi connectivity index (χ0v) is 51.9. The molecular formula is C61H73N8O13PSSi. The predicted molar refractivity (Wildman–Crippen MR) is 325 cm³/mol. The maximum Gasteiger partial charge on any atom is 0.330 e. The molecule has 10 rings (SSSR count). The van der Waals surface area contributed by atoms with Gasteiger partial charge in [-0.15, -0.1) is 0 Å². The van der Waals surface area contributed by atoms with Gasteiger partial charge in [-0.05, 0) is 103 Å². The molecule has 2 amide bonds. The molecule has 7 aromatic rings. The molecule has 0 unspecified atom stereocenters. The van der Waals surface area contributed by atoms with Gasteiger partial charge in [0.15, 0.2) is 25.3 Å². The van der Waals surface area contributed by atoms with Crippen molar-refractivity contribution in [3.63, 3.8) is 0 Å². The van der Waals surface area contributed by atoms with Crippen LogP contribution in [0.3, 0.4) is 0 Å². The summed E-state index contributed by atoms with van der Waals surface area (Å²) in [6.07, 6.45) is 1.40. The van der Waals surface area contributed by atoms with Crippen LogP contribution in [0.4, 0.5) is 5.82 Å². The number of carbonyl (C=O) groups excluding carboxylic acids is 2. The lowest BCUT2D eigenvalue weighted by Crippen LogP contribution is -2.46. The number of imidazole rings is 1. The first-order valence-corrected chi connectivity index (χ1v) is 33.8. The molecule has 0 bridgehead atoms. The normalized spacial score (nSPS) is 21.7. The number of likely N-dealkylation sites (tertiary alicyclic amines) is 1. The van der Waals surface area contributed by atoms with Crippen LogP contribution in [-0.2, 0) is 54.4 Å². The number of nitrogens with one attached hydrogen (secondary N) is 2.